The Morgan fingerprint density at radius 1 is 1.44 bits per heavy atom. The Labute approximate surface area is 107 Å². The lowest BCUT2D eigenvalue weighted by Crippen LogP contribution is -2.42. The van der Waals surface area contributed by atoms with Crippen LogP contribution in [-0.4, -0.2) is 30.9 Å². The summed E-state index contributed by atoms with van der Waals surface area (Å²) in [5, 5.41) is 9.39. The fourth-order valence-corrected chi connectivity index (χ4v) is 2.11. The molecule has 1 N–H and O–H groups in total. The highest BCUT2D eigenvalue weighted by Gasteiger charge is 2.41. The Morgan fingerprint density at radius 3 is 2.78 bits per heavy atom. The summed E-state index contributed by atoms with van der Waals surface area (Å²) in [6.45, 7) is 3.16. The van der Waals surface area contributed by atoms with E-state index >= 15 is 0 Å². The number of rotatable bonds is 4. The molecule has 4 nitrogen and oxygen atoms in total. The zero-order chi connectivity index (χ0) is 13.0. The highest BCUT2D eigenvalue weighted by atomic mass is 16.5. The molecule has 1 saturated heterocycles. The first-order valence-electron chi connectivity index (χ1n) is 6.13. The Morgan fingerprint density at radius 2 is 2.17 bits per heavy atom. The molecular weight excluding hydrogens is 232 g/mol. The van der Waals surface area contributed by atoms with Gasteiger partial charge in [0.1, 0.15) is 17.8 Å². The molecule has 4 heteroatoms. The summed E-state index contributed by atoms with van der Waals surface area (Å²) in [7, 11) is 0. The quantitative estimate of drug-likeness (QED) is 0.890. The van der Waals surface area contributed by atoms with E-state index in [4.69, 9.17) is 9.47 Å². The van der Waals surface area contributed by atoms with E-state index in [1.165, 1.54) is 0 Å². The van der Waals surface area contributed by atoms with Gasteiger partial charge in [-0.25, -0.2) is 0 Å². The van der Waals surface area contributed by atoms with E-state index in [2.05, 4.69) is 0 Å². The van der Waals surface area contributed by atoms with Gasteiger partial charge in [0.25, 0.3) is 0 Å². The molecule has 0 spiro atoms. The summed E-state index contributed by atoms with van der Waals surface area (Å²) in [6, 6.07) is 7.65. The van der Waals surface area contributed by atoms with Crippen molar-refractivity contribution >= 4 is 5.97 Å². The first-order valence-corrected chi connectivity index (χ1v) is 6.13. The molecule has 1 aromatic carbocycles. The number of carboxylic acids is 1. The molecule has 0 atom stereocenters. The molecule has 0 unspecified atom stereocenters. The zero-order valence-corrected chi connectivity index (χ0v) is 10.5. The maximum atomic E-state index is 11.4. The van der Waals surface area contributed by atoms with Crippen molar-refractivity contribution in [1.29, 1.82) is 0 Å². The van der Waals surface area contributed by atoms with Crippen LogP contribution in [0.5, 0.6) is 5.75 Å². The van der Waals surface area contributed by atoms with Crippen LogP contribution in [0.4, 0.5) is 0 Å². The van der Waals surface area contributed by atoms with Crippen molar-refractivity contribution in [1.82, 2.24) is 0 Å². The summed E-state index contributed by atoms with van der Waals surface area (Å²) < 4.78 is 10.9. The van der Waals surface area contributed by atoms with E-state index < -0.39 is 11.4 Å². The van der Waals surface area contributed by atoms with Crippen LogP contribution in [0.1, 0.15) is 18.4 Å². The molecular formula is C14H18O4. The molecule has 18 heavy (non-hydrogen) atoms. The molecule has 0 amide bonds. The normalized spacial score (nSPS) is 18.3. The lowest BCUT2D eigenvalue weighted by Gasteiger charge is -2.32. The maximum absolute atomic E-state index is 11.4. The standard InChI is InChI=1S/C14H18O4/c1-11-3-2-4-12(9-11)18-10-14(13(15)16)5-7-17-8-6-14/h2-4,9H,5-8,10H2,1H3,(H,15,16). The molecule has 0 bridgehead atoms. The Balaban J connectivity index is 2.04. The summed E-state index contributed by atoms with van der Waals surface area (Å²) in [5.41, 5.74) is 0.297. The molecule has 98 valence electrons. The van der Waals surface area contributed by atoms with E-state index in [0.29, 0.717) is 26.1 Å². The fourth-order valence-electron chi connectivity index (χ4n) is 2.11. The number of carboxylic acid groups (broad SMARTS) is 1. The highest BCUT2D eigenvalue weighted by Crippen LogP contribution is 2.31. The molecule has 2 rings (SSSR count). The third-order valence-corrected chi connectivity index (χ3v) is 3.41. The second-order valence-corrected chi connectivity index (χ2v) is 4.80. The third-order valence-electron chi connectivity index (χ3n) is 3.41. The highest BCUT2D eigenvalue weighted by molar-refractivity contribution is 5.75. The van der Waals surface area contributed by atoms with Crippen molar-refractivity contribution in [3.05, 3.63) is 29.8 Å². The van der Waals surface area contributed by atoms with Crippen LogP contribution in [0, 0.1) is 12.3 Å². The van der Waals surface area contributed by atoms with Gasteiger partial charge in [-0.05, 0) is 37.5 Å². The molecule has 1 fully saturated rings. The predicted molar refractivity (Wildman–Crippen MR) is 66.8 cm³/mol. The van der Waals surface area contributed by atoms with Crippen LogP contribution < -0.4 is 4.74 Å². The van der Waals surface area contributed by atoms with Crippen molar-refractivity contribution < 1.29 is 19.4 Å². The van der Waals surface area contributed by atoms with Gasteiger partial charge >= 0.3 is 5.97 Å². The summed E-state index contributed by atoms with van der Waals surface area (Å²) in [6.07, 6.45) is 1.02. The number of hydrogen-bond acceptors (Lipinski definition) is 3. The van der Waals surface area contributed by atoms with E-state index in [1.807, 2.05) is 31.2 Å². The van der Waals surface area contributed by atoms with Gasteiger partial charge in [-0.2, -0.15) is 0 Å². The van der Waals surface area contributed by atoms with Gasteiger partial charge in [0, 0.05) is 13.2 Å². The number of aliphatic carboxylic acids is 1. The monoisotopic (exact) mass is 250 g/mol. The lowest BCUT2D eigenvalue weighted by molar-refractivity contribution is -0.157. The largest absolute Gasteiger partial charge is 0.492 e. The lowest BCUT2D eigenvalue weighted by atomic mass is 9.81. The van der Waals surface area contributed by atoms with Gasteiger partial charge in [0.15, 0.2) is 0 Å². The van der Waals surface area contributed by atoms with Gasteiger partial charge in [0.2, 0.25) is 0 Å². The number of hydrogen-bond donors (Lipinski definition) is 1. The number of aryl methyl sites for hydroxylation is 1. The van der Waals surface area contributed by atoms with Crippen LogP contribution in [0.25, 0.3) is 0 Å². The van der Waals surface area contributed by atoms with Gasteiger partial charge in [-0.15, -0.1) is 0 Å². The van der Waals surface area contributed by atoms with Gasteiger partial charge in [-0.1, -0.05) is 12.1 Å². The summed E-state index contributed by atoms with van der Waals surface area (Å²) in [4.78, 5) is 11.4. The first kappa shape index (κ1) is 12.9. The molecule has 0 saturated carbocycles. The molecule has 1 aliphatic heterocycles. The van der Waals surface area contributed by atoms with Crippen molar-refractivity contribution in [2.75, 3.05) is 19.8 Å². The van der Waals surface area contributed by atoms with Crippen LogP contribution in [0.2, 0.25) is 0 Å². The smallest absolute Gasteiger partial charge is 0.313 e. The van der Waals surface area contributed by atoms with E-state index in [9.17, 15) is 9.90 Å². The molecule has 1 aliphatic rings. The average Bonchev–Trinajstić information content (AvgIpc) is 2.37. The Hall–Kier alpha value is -1.55. The van der Waals surface area contributed by atoms with Crippen molar-refractivity contribution in [3.63, 3.8) is 0 Å². The van der Waals surface area contributed by atoms with Crippen LogP contribution >= 0.6 is 0 Å². The van der Waals surface area contributed by atoms with Crippen molar-refractivity contribution in [3.8, 4) is 5.75 Å². The minimum Gasteiger partial charge on any atom is -0.492 e. The van der Waals surface area contributed by atoms with Crippen molar-refractivity contribution in [2.24, 2.45) is 5.41 Å². The minimum absolute atomic E-state index is 0.204. The van der Waals surface area contributed by atoms with Gasteiger partial charge in [0.05, 0.1) is 0 Å². The zero-order valence-electron chi connectivity index (χ0n) is 10.5. The minimum atomic E-state index is -0.804. The van der Waals surface area contributed by atoms with Crippen LogP contribution in [-0.2, 0) is 9.53 Å². The second kappa shape index (κ2) is 5.40. The fraction of sp³-hybridized carbons (Fsp3) is 0.500. The predicted octanol–water partition coefficient (Wildman–Crippen LogP) is 2.26. The third kappa shape index (κ3) is 2.82. The Kier molecular flexibility index (Phi) is 3.87. The summed E-state index contributed by atoms with van der Waals surface area (Å²) in [5.74, 6) is -0.0689. The number of benzene rings is 1. The maximum Gasteiger partial charge on any atom is 0.313 e. The molecule has 0 aromatic heterocycles. The van der Waals surface area contributed by atoms with Gasteiger partial charge in [-0.3, -0.25) is 4.79 Å². The summed E-state index contributed by atoms with van der Waals surface area (Å²) >= 11 is 0. The molecule has 0 aliphatic carbocycles. The number of ether oxygens (including phenoxy) is 2. The van der Waals surface area contributed by atoms with Crippen molar-refractivity contribution in [2.45, 2.75) is 19.8 Å². The Bertz CT molecular complexity index is 422. The van der Waals surface area contributed by atoms with Gasteiger partial charge < -0.3 is 14.6 Å². The topological polar surface area (TPSA) is 55.8 Å². The number of carbonyl (C=O) groups is 1. The van der Waals surface area contributed by atoms with E-state index in [1.54, 1.807) is 0 Å². The molecule has 0 radical (unpaired) electrons. The molecule has 1 aromatic rings. The molecule has 1 heterocycles. The van der Waals surface area contributed by atoms with E-state index in [-0.39, 0.29) is 6.61 Å². The van der Waals surface area contributed by atoms with Crippen LogP contribution in [0.3, 0.4) is 0 Å². The SMILES string of the molecule is Cc1cccc(OCC2(C(=O)O)CCOCC2)c1. The van der Waals surface area contributed by atoms with E-state index in [0.717, 1.165) is 11.3 Å². The second-order valence-electron chi connectivity index (χ2n) is 4.80. The average molecular weight is 250 g/mol. The van der Waals surface area contributed by atoms with Crippen LogP contribution in [0.15, 0.2) is 24.3 Å². The first-order chi connectivity index (χ1) is 8.62.